The average molecular weight is 382 g/mol. The fraction of sp³-hybridized carbons (Fsp3) is 0.222. The van der Waals surface area contributed by atoms with Crippen LogP contribution in [0.25, 0.3) is 6.08 Å². The number of halogens is 2. The van der Waals surface area contributed by atoms with Crippen molar-refractivity contribution in [2.45, 2.75) is 13.5 Å². The molecule has 1 aromatic carbocycles. The van der Waals surface area contributed by atoms with Crippen LogP contribution in [-0.2, 0) is 16.1 Å². The van der Waals surface area contributed by atoms with Crippen LogP contribution < -0.4 is 0 Å². The zero-order chi connectivity index (χ0) is 18.6. The Morgan fingerprint density at radius 3 is 2.52 bits per heavy atom. The topological polar surface area (TPSA) is 59.8 Å². The first kappa shape index (κ1) is 19.1. The van der Waals surface area contributed by atoms with Gasteiger partial charge < -0.3 is 14.1 Å². The van der Waals surface area contributed by atoms with E-state index in [1.807, 2.05) is 0 Å². The Bertz CT molecular complexity index is 806. The number of hydrogen-bond acceptors (Lipinski definition) is 4. The summed E-state index contributed by atoms with van der Waals surface area (Å²) in [6.45, 7) is 1.87. The minimum atomic E-state index is -0.477. The Kier molecular flexibility index (Phi) is 6.28. The van der Waals surface area contributed by atoms with Crippen LogP contribution in [0.3, 0.4) is 0 Å². The van der Waals surface area contributed by atoms with E-state index in [-0.39, 0.29) is 12.5 Å². The van der Waals surface area contributed by atoms with Gasteiger partial charge in [-0.25, -0.2) is 4.79 Å². The van der Waals surface area contributed by atoms with Gasteiger partial charge in [0.1, 0.15) is 17.1 Å². The van der Waals surface area contributed by atoms with Crippen LogP contribution in [0, 0.1) is 6.92 Å². The van der Waals surface area contributed by atoms with Gasteiger partial charge in [-0.1, -0.05) is 29.3 Å². The standard InChI is InChI=1S/C18H17Cl2NO4/c1-11-14(18(23)24-3)9-12(25-11)10-21(2)17(22)8-7-13-15(19)5-4-6-16(13)20/h4-9H,10H2,1-3H3/b8-7+. The van der Waals surface area contributed by atoms with Crippen LogP contribution in [0.5, 0.6) is 0 Å². The third-order valence-electron chi connectivity index (χ3n) is 3.54. The molecule has 0 saturated heterocycles. The van der Waals surface area contributed by atoms with Crippen LogP contribution in [0.2, 0.25) is 10.0 Å². The van der Waals surface area contributed by atoms with Crippen molar-refractivity contribution >= 4 is 41.2 Å². The summed E-state index contributed by atoms with van der Waals surface area (Å²) in [5.74, 6) is 0.193. The maximum Gasteiger partial charge on any atom is 0.341 e. The molecule has 1 amide bonds. The molecule has 0 spiro atoms. The molecule has 1 aromatic heterocycles. The summed E-state index contributed by atoms with van der Waals surface area (Å²) in [6, 6.07) is 6.69. The Morgan fingerprint density at radius 2 is 1.92 bits per heavy atom. The second-order valence-corrected chi connectivity index (χ2v) is 6.15. The molecular formula is C18H17Cl2NO4. The second kappa shape index (κ2) is 8.23. The van der Waals surface area contributed by atoms with Gasteiger partial charge in [0, 0.05) is 28.7 Å². The van der Waals surface area contributed by atoms with Crippen molar-refractivity contribution in [3.63, 3.8) is 0 Å². The number of amides is 1. The second-order valence-electron chi connectivity index (χ2n) is 5.34. The number of nitrogens with zero attached hydrogens (tertiary/aromatic N) is 1. The van der Waals surface area contributed by atoms with Crippen LogP contribution in [0.15, 0.2) is 34.8 Å². The monoisotopic (exact) mass is 381 g/mol. The van der Waals surface area contributed by atoms with E-state index in [2.05, 4.69) is 4.74 Å². The third-order valence-corrected chi connectivity index (χ3v) is 4.19. The van der Waals surface area contributed by atoms with Gasteiger partial charge >= 0.3 is 5.97 Å². The summed E-state index contributed by atoms with van der Waals surface area (Å²) in [5.41, 5.74) is 0.922. The lowest BCUT2D eigenvalue weighted by molar-refractivity contribution is -0.125. The number of ether oxygens (including phenoxy) is 1. The normalized spacial score (nSPS) is 10.9. The van der Waals surface area contributed by atoms with Crippen molar-refractivity contribution in [2.75, 3.05) is 14.2 Å². The number of carbonyl (C=O) groups is 2. The van der Waals surface area contributed by atoms with E-state index in [1.54, 1.807) is 44.3 Å². The molecule has 7 heteroatoms. The zero-order valence-corrected chi connectivity index (χ0v) is 15.5. The van der Waals surface area contributed by atoms with Gasteiger partial charge in [0.2, 0.25) is 5.91 Å². The summed E-state index contributed by atoms with van der Waals surface area (Å²) in [5, 5.41) is 0.923. The Hall–Kier alpha value is -2.24. The van der Waals surface area contributed by atoms with Crippen molar-refractivity contribution < 1.29 is 18.7 Å². The van der Waals surface area contributed by atoms with E-state index in [0.29, 0.717) is 32.7 Å². The van der Waals surface area contributed by atoms with Gasteiger partial charge in [-0.15, -0.1) is 0 Å². The number of likely N-dealkylation sites (N-methyl/N-ethyl adjacent to an activating group) is 1. The first-order valence-corrected chi connectivity index (χ1v) is 8.14. The molecule has 2 aromatic rings. The number of hydrogen-bond donors (Lipinski definition) is 0. The Balaban J connectivity index is 2.08. The number of benzene rings is 1. The Morgan fingerprint density at radius 1 is 1.28 bits per heavy atom. The van der Waals surface area contributed by atoms with Crippen LogP contribution in [-0.4, -0.2) is 30.9 Å². The SMILES string of the molecule is COC(=O)c1cc(CN(C)C(=O)/C=C/c2c(Cl)cccc2Cl)oc1C. The molecule has 1 heterocycles. The maximum atomic E-state index is 12.2. The van der Waals surface area contributed by atoms with Crippen LogP contribution >= 0.6 is 23.2 Å². The van der Waals surface area contributed by atoms with Gasteiger partial charge in [0.15, 0.2) is 0 Å². The van der Waals surface area contributed by atoms with E-state index in [1.165, 1.54) is 18.1 Å². The number of aryl methyl sites for hydroxylation is 1. The highest BCUT2D eigenvalue weighted by atomic mass is 35.5. The molecule has 2 rings (SSSR count). The molecular weight excluding hydrogens is 365 g/mol. The van der Waals surface area contributed by atoms with E-state index >= 15 is 0 Å². The number of carbonyl (C=O) groups excluding carboxylic acids is 2. The lowest BCUT2D eigenvalue weighted by atomic mass is 10.2. The first-order valence-electron chi connectivity index (χ1n) is 7.38. The minimum absolute atomic E-state index is 0.206. The smallest absolute Gasteiger partial charge is 0.341 e. The van der Waals surface area contributed by atoms with Gasteiger partial charge in [-0.05, 0) is 31.2 Å². The summed E-state index contributed by atoms with van der Waals surface area (Å²) in [6.07, 6.45) is 2.95. The molecule has 0 fully saturated rings. The number of rotatable bonds is 5. The maximum absolute atomic E-state index is 12.2. The number of methoxy groups -OCH3 is 1. The van der Waals surface area contributed by atoms with Crippen molar-refractivity contribution in [3.05, 3.63) is 63.0 Å². The molecule has 0 aliphatic rings. The highest BCUT2D eigenvalue weighted by Crippen LogP contribution is 2.25. The first-order chi connectivity index (χ1) is 11.8. The summed E-state index contributed by atoms with van der Waals surface area (Å²) in [7, 11) is 2.92. The average Bonchev–Trinajstić information content (AvgIpc) is 2.93. The quantitative estimate of drug-likeness (QED) is 0.570. The Labute approximate surface area is 155 Å². The molecule has 132 valence electrons. The molecule has 0 aliphatic heterocycles. The van der Waals surface area contributed by atoms with E-state index in [0.717, 1.165) is 0 Å². The van der Waals surface area contributed by atoms with E-state index in [4.69, 9.17) is 27.6 Å². The van der Waals surface area contributed by atoms with Crippen LogP contribution in [0.1, 0.15) is 27.4 Å². The number of esters is 1. The highest BCUT2D eigenvalue weighted by Gasteiger charge is 2.17. The molecule has 0 aliphatic carbocycles. The van der Waals surface area contributed by atoms with Crippen LogP contribution in [0.4, 0.5) is 0 Å². The van der Waals surface area contributed by atoms with Crippen molar-refractivity contribution in [3.8, 4) is 0 Å². The van der Waals surface area contributed by atoms with Gasteiger partial charge in [0.05, 0.1) is 13.7 Å². The zero-order valence-electron chi connectivity index (χ0n) is 14.0. The minimum Gasteiger partial charge on any atom is -0.465 e. The lowest BCUT2D eigenvalue weighted by Crippen LogP contribution is -2.23. The summed E-state index contributed by atoms with van der Waals surface area (Å²) in [4.78, 5) is 25.3. The molecule has 0 N–H and O–H groups in total. The van der Waals surface area contributed by atoms with E-state index < -0.39 is 5.97 Å². The summed E-state index contributed by atoms with van der Waals surface area (Å²) >= 11 is 12.1. The van der Waals surface area contributed by atoms with Crippen molar-refractivity contribution in [1.82, 2.24) is 4.90 Å². The molecule has 0 bridgehead atoms. The van der Waals surface area contributed by atoms with Gasteiger partial charge in [0.25, 0.3) is 0 Å². The van der Waals surface area contributed by atoms with Gasteiger partial charge in [-0.3, -0.25) is 4.79 Å². The summed E-state index contributed by atoms with van der Waals surface area (Å²) < 4.78 is 10.2. The highest BCUT2D eigenvalue weighted by molar-refractivity contribution is 6.37. The number of furan rings is 1. The molecule has 0 unspecified atom stereocenters. The fourth-order valence-electron chi connectivity index (χ4n) is 2.20. The molecule has 25 heavy (non-hydrogen) atoms. The predicted molar refractivity (Wildman–Crippen MR) is 96.8 cm³/mol. The predicted octanol–water partition coefficient (Wildman–Crippen LogP) is 4.35. The largest absolute Gasteiger partial charge is 0.465 e. The fourth-order valence-corrected chi connectivity index (χ4v) is 2.72. The third kappa shape index (κ3) is 4.65. The molecule has 5 nitrogen and oxygen atoms in total. The van der Waals surface area contributed by atoms with Gasteiger partial charge in [-0.2, -0.15) is 0 Å². The van der Waals surface area contributed by atoms with Crippen molar-refractivity contribution in [2.24, 2.45) is 0 Å². The molecule has 0 saturated carbocycles. The van der Waals surface area contributed by atoms with Crippen molar-refractivity contribution in [1.29, 1.82) is 0 Å². The molecule has 0 radical (unpaired) electrons. The molecule has 0 atom stereocenters. The van der Waals surface area contributed by atoms with E-state index in [9.17, 15) is 9.59 Å². The lowest BCUT2D eigenvalue weighted by Gasteiger charge is -2.13.